The highest BCUT2D eigenvalue weighted by Gasteiger charge is 2.15. The third-order valence-corrected chi connectivity index (χ3v) is 6.05. The number of benzene rings is 2. The summed E-state index contributed by atoms with van der Waals surface area (Å²) >= 11 is 3.42. The normalized spacial score (nSPS) is 10.7. The van der Waals surface area contributed by atoms with Crippen LogP contribution in [0.4, 0.5) is 0 Å². The molecule has 0 saturated heterocycles. The zero-order valence-electron chi connectivity index (χ0n) is 15.0. The fraction of sp³-hybridized carbons (Fsp3) is 0.250. The molecule has 0 amide bonds. The largest absolute Gasteiger partial charge is 0.497 e. The zero-order chi connectivity index (χ0) is 18.4. The molecule has 0 fully saturated rings. The molecule has 0 N–H and O–H groups in total. The van der Waals surface area contributed by atoms with Gasteiger partial charge in [-0.1, -0.05) is 11.8 Å². The summed E-state index contributed by atoms with van der Waals surface area (Å²) in [5.74, 6) is 2.57. The van der Waals surface area contributed by atoms with Crippen LogP contribution < -0.4 is 9.47 Å². The molecule has 0 saturated carbocycles. The fourth-order valence-corrected chi connectivity index (χ4v) is 4.60. The van der Waals surface area contributed by atoms with Crippen molar-refractivity contribution in [2.75, 3.05) is 33.7 Å². The van der Waals surface area contributed by atoms with Gasteiger partial charge in [-0.05, 0) is 54.1 Å². The maximum absolute atomic E-state index is 5.27. The second-order valence-electron chi connectivity index (χ2n) is 5.46. The van der Waals surface area contributed by atoms with E-state index in [9.17, 15) is 0 Å². The molecule has 4 nitrogen and oxygen atoms in total. The van der Waals surface area contributed by atoms with Gasteiger partial charge in [0.2, 0.25) is 0 Å². The molecule has 136 valence electrons. The van der Waals surface area contributed by atoms with E-state index in [4.69, 9.17) is 19.2 Å². The number of ether oxygens (including phenoxy) is 3. The SMILES string of the molecule is COCCSc1nc(-c2ccc(OC)cc2)c(-c2ccc(OC)cc2)s1. The number of methoxy groups -OCH3 is 3. The van der Waals surface area contributed by atoms with E-state index in [0.717, 1.165) is 43.3 Å². The zero-order valence-corrected chi connectivity index (χ0v) is 16.7. The van der Waals surface area contributed by atoms with Crippen molar-refractivity contribution in [3.05, 3.63) is 48.5 Å². The molecule has 0 atom stereocenters. The summed E-state index contributed by atoms with van der Waals surface area (Å²) in [6.45, 7) is 0.708. The molecular weight excluding hydrogens is 366 g/mol. The summed E-state index contributed by atoms with van der Waals surface area (Å²) in [5, 5.41) is 0. The fourth-order valence-electron chi connectivity index (χ4n) is 2.46. The van der Waals surface area contributed by atoms with Gasteiger partial charge in [-0.2, -0.15) is 0 Å². The Labute approximate surface area is 162 Å². The van der Waals surface area contributed by atoms with Crippen LogP contribution in [0.3, 0.4) is 0 Å². The summed E-state index contributed by atoms with van der Waals surface area (Å²) in [4.78, 5) is 6.03. The molecule has 1 heterocycles. The van der Waals surface area contributed by atoms with Crippen LogP contribution >= 0.6 is 23.1 Å². The molecule has 0 unspecified atom stereocenters. The molecule has 3 aromatic rings. The number of rotatable bonds is 8. The first kappa shape index (κ1) is 18.8. The Balaban J connectivity index is 1.98. The van der Waals surface area contributed by atoms with Gasteiger partial charge >= 0.3 is 0 Å². The number of hydrogen-bond acceptors (Lipinski definition) is 6. The van der Waals surface area contributed by atoms with Gasteiger partial charge in [0.05, 0.1) is 31.4 Å². The summed E-state index contributed by atoms with van der Waals surface area (Å²) in [5.41, 5.74) is 3.20. The lowest BCUT2D eigenvalue weighted by atomic mass is 10.1. The monoisotopic (exact) mass is 387 g/mol. The van der Waals surface area contributed by atoms with Crippen LogP contribution in [0.15, 0.2) is 52.9 Å². The van der Waals surface area contributed by atoms with Gasteiger partial charge in [0.15, 0.2) is 4.34 Å². The van der Waals surface area contributed by atoms with Gasteiger partial charge in [-0.3, -0.25) is 0 Å². The molecule has 0 spiro atoms. The Morgan fingerprint density at radius 3 is 1.96 bits per heavy atom. The first-order chi connectivity index (χ1) is 12.7. The minimum absolute atomic E-state index is 0.708. The predicted molar refractivity (Wildman–Crippen MR) is 109 cm³/mol. The number of thioether (sulfide) groups is 1. The molecule has 3 rings (SSSR count). The van der Waals surface area contributed by atoms with Crippen molar-refractivity contribution in [1.82, 2.24) is 4.98 Å². The van der Waals surface area contributed by atoms with E-state index in [-0.39, 0.29) is 0 Å². The molecule has 1 aromatic heterocycles. The van der Waals surface area contributed by atoms with Gasteiger partial charge in [0.1, 0.15) is 11.5 Å². The highest BCUT2D eigenvalue weighted by Crippen LogP contribution is 2.41. The highest BCUT2D eigenvalue weighted by atomic mass is 32.2. The maximum Gasteiger partial charge on any atom is 0.151 e. The number of nitrogens with zero attached hydrogens (tertiary/aromatic N) is 1. The maximum atomic E-state index is 5.27. The molecule has 6 heteroatoms. The Hall–Kier alpha value is -2.02. The highest BCUT2D eigenvalue weighted by molar-refractivity contribution is 8.01. The molecule has 0 aliphatic rings. The van der Waals surface area contributed by atoms with E-state index in [1.54, 1.807) is 44.4 Å². The Morgan fingerprint density at radius 1 is 0.846 bits per heavy atom. The minimum atomic E-state index is 0.708. The van der Waals surface area contributed by atoms with Gasteiger partial charge in [-0.25, -0.2) is 4.98 Å². The quantitative estimate of drug-likeness (QED) is 0.391. The van der Waals surface area contributed by atoms with Crippen molar-refractivity contribution in [1.29, 1.82) is 0 Å². The second kappa shape index (κ2) is 9.07. The van der Waals surface area contributed by atoms with Crippen LogP contribution in [0.2, 0.25) is 0 Å². The summed E-state index contributed by atoms with van der Waals surface area (Å²) in [7, 11) is 5.06. The minimum Gasteiger partial charge on any atom is -0.497 e. The van der Waals surface area contributed by atoms with E-state index in [1.165, 1.54) is 0 Å². The van der Waals surface area contributed by atoms with Crippen molar-refractivity contribution >= 4 is 23.1 Å². The smallest absolute Gasteiger partial charge is 0.151 e. The summed E-state index contributed by atoms with van der Waals surface area (Å²) in [6, 6.07) is 16.1. The van der Waals surface area contributed by atoms with Crippen molar-refractivity contribution in [3.8, 4) is 33.2 Å². The van der Waals surface area contributed by atoms with Crippen molar-refractivity contribution in [2.45, 2.75) is 4.34 Å². The first-order valence-electron chi connectivity index (χ1n) is 8.16. The van der Waals surface area contributed by atoms with Gasteiger partial charge in [-0.15, -0.1) is 11.3 Å². The molecule has 26 heavy (non-hydrogen) atoms. The molecule has 0 aliphatic heterocycles. The number of aromatic nitrogens is 1. The van der Waals surface area contributed by atoms with Crippen LogP contribution in [-0.2, 0) is 4.74 Å². The third kappa shape index (κ3) is 4.38. The molecular formula is C20H21NO3S2. The van der Waals surface area contributed by atoms with Gasteiger partial charge in [0.25, 0.3) is 0 Å². The molecule has 2 aromatic carbocycles. The number of thiazole rings is 1. The van der Waals surface area contributed by atoms with E-state index >= 15 is 0 Å². The average Bonchev–Trinajstić information content (AvgIpc) is 3.12. The number of hydrogen-bond donors (Lipinski definition) is 0. The van der Waals surface area contributed by atoms with E-state index < -0.39 is 0 Å². The van der Waals surface area contributed by atoms with E-state index in [1.807, 2.05) is 36.4 Å². The van der Waals surface area contributed by atoms with Crippen LogP contribution in [0.1, 0.15) is 0 Å². The molecule has 0 bridgehead atoms. The summed E-state index contributed by atoms with van der Waals surface area (Å²) in [6.07, 6.45) is 0. The molecule has 0 radical (unpaired) electrons. The lowest BCUT2D eigenvalue weighted by molar-refractivity contribution is 0.218. The van der Waals surface area contributed by atoms with Gasteiger partial charge in [0, 0.05) is 18.4 Å². The van der Waals surface area contributed by atoms with Crippen LogP contribution in [0.25, 0.3) is 21.7 Å². The van der Waals surface area contributed by atoms with E-state index in [2.05, 4.69) is 12.1 Å². The summed E-state index contributed by atoms with van der Waals surface area (Å²) < 4.78 is 16.7. The van der Waals surface area contributed by atoms with Crippen molar-refractivity contribution < 1.29 is 14.2 Å². The lowest BCUT2D eigenvalue weighted by Gasteiger charge is -2.05. The lowest BCUT2D eigenvalue weighted by Crippen LogP contribution is -1.90. The Kier molecular flexibility index (Phi) is 6.55. The standard InChI is InChI=1S/C20H21NO3S2/c1-22-12-13-25-20-21-18(14-4-8-16(23-2)9-5-14)19(26-20)15-6-10-17(24-3)11-7-15/h4-11H,12-13H2,1-3H3. The first-order valence-corrected chi connectivity index (χ1v) is 9.96. The molecule has 0 aliphatic carbocycles. The van der Waals surface area contributed by atoms with Crippen molar-refractivity contribution in [2.24, 2.45) is 0 Å². The third-order valence-electron chi connectivity index (χ3n) is 3.84. The van der Waals surface area contributed by atoms with Crippen LogP contribution in [0.5, 0.6) is 11.5 Å². The topological polar surface area (TPSA) is 40.6 Å². The average molecular weight is 388 g/mol. The Morgan fingerprint density at radius 2 is 1.42 bits per heavy atom. The van der Waals surface area contributed by atoms with Crippen LogP contribution in [-0.4, -0.2) is 38.7 Å². The second-order valence-corrected chi connectivity index (χ2v) is 7.80. The van der Waals surface area contributed by atoms with Crippen LogP contribution in [0, 0.1) is 0 Å². The Bertz CT molecular complexity index is 764. The predicted octanol–water partition coefficient (Wildman–Crippen LogP) is 5.23. The van der Waals surface area contributed by atoms with Gasteiger partial charge < -0.3 is 14.2 Å². The van der Waals surface area contributed by atoms with E-state index in [0.29, 0.717) is 6.61 Å². The van der Waals surface area contributed by atoms with Crippen molar-refractivity contribution in [3.63, 3.8) is 0 Å².